The number of rotatable bonds is 6. The second kappa shape index (κ2) is 8.46. The maximum absolute atomic E-state index is 12.4. The van der Waals surface area contributed by atoms with Gasteiger partial charge in [-0.2, -0.15) is 0 Å². The summed E-state index contributed by atoms with van der Waals surface area (Å²) >= 11 is 9.54. The molecule has 8 heteroatoms. The fourth-order valence-electron chi connectivity index (χ4n) is 2.86. The molecule has 0 bridgehead atoms. The van der Waals surface area contributed by atoms with Crippen molar-refractivity contribution in [3.63, 3.8) is 0 Å². The van der Waals surface area contributed by atoms with Crippen LogP contribution in [0.25, 0.3) is 0 Å². The number of anilines is 2. The van der Waals surface area contributed by atoms with Gasteiger partial charge in [-0.15, -0.1) is 11.3 Å². The minimum absolute atomic E-state index is 0.112. The lowest BCUT2D eigenvalue weighted by Gasteiger charge is -2.22. The summed E-state index contributed by atoms with van der Waals surface area (Å²) in [6.07, 6.45) is 3.77. The van der Waals surface area contributed by atoms with Gasteiger partial charge in [-0.05, 0) is 38.0 Å². The first-order valence-corrected chi connectivity index (χ1v) is 10.8. The highest BCUT2D eigenvalue weighted by atomic mass is 35.5. The van der Waals surface area contributed by atoms with Crippen LogP contribution in [0, 0.1) is 13.8 Å². The number of hydrogen-bond donors (Lipinski definition) is 0. The molecule has 0 aliphatic heterocycles. The summed E-state index contributed by atoms with van der Waals surface area (Å²) in [6, 6.07) is 3.89. The maximum Gasteiger partial charge on any atom is 0.230 e. The van der Waals surface area contributed by atoms with Crippen molar-refractivity contribution in [3.05, 3.63) is 51.7 Å². The van der Waals surface area contributed by atoms with E-state index in [1.165, 1.54) is 18.3 Å². The molecule has 2 heterocycles. The molecule has 5 nitrogen and oxygen atoms in total. The zero-order valence-corrected chi connectivity index (χ0v) is 18.1. The van der Waals surface area contributed by atoms with E-state index in [0.717, 1.165) is 28.5 Å². The van der Waals surface area contributed by atoms with Gasteiger partial charge in [-0.3, -0.25) is 9.69 Å². The number of carbonyl (C=O) groups excluding carboxylic acids is 1. The van der Waals surface area contributed by atoms with Crippen LogP contribution >= 0.6 is 34.7 Å². The largest absolute Gasteiger partial charge is 0.326 e. The standard InChI is InChI=1S/C19H21ClN4OS2/c1-5-23-7-6-21-18(23)26-10-15-11-27-19(22-15)24(14(4)25)17-13(3)8-12(2)9-16(17)20/h6-9,11H,5,10H2,1-4H3. The van der Waals surface area contributed by atoms with E-state index < -0.39 is 0 Å². The number of thiazole rings is 1. The molecule has 0 saturated heterocycles. The Morgan fingerprint density at radius 1 is 1.37 bits per heavy atom. The number of halogens is 1. The molecule has 3 rings (SSSR count). The molecule has 2 aromatic heterocycles. The zero-order valence-electron chi connectivity index (χ0n) is 15.7. The Morgan fingerprint density at radius 2 is 2.15 bits per heavy atom. The average molecular weight is 421 g/mol. The summed E-state index contributed by atoms with van der Waals surface area (Å²) in [5, 5.41) is 4.13. The Bertz CT molecular complexity index is 943. The summed E-state index contributed by atoms with van der Waals surface area (Å²) in [5.41, 5.74) is 3.63. The van der Waals surface area contributed by atoms with Crippen LogP contribution < -0.4 is 4.90 Å². The Hall–Kier alpha value is -1.83. The molecule has 0 aliphatic carbocycles. The monoisotopic (exact) mass is 420 g/mol. The van der Waals surface area contributed by atoms with Crippen molar-refractivity contribution in [2.24, 2.45) is 0 Å². The smallest absolute Gasteiger partial charge is 0.230 e. The number of hydrogen-bond acceptors (Lipinski definition) is 5. The molecular weight excluding hydrogens is 400 g/mol. The Morgan fingerprint density at radius 3 is 2.81 bits per heavy atom. The molecule has 0 spiro atoms. The summed E-state index contributed by atoms with van der Waals surface area (Å²) in [6.45, 7) is 8.45. The molecule has 0 saturated carbocycles. The fraction of sp³-hybridized carbons (Fsp3) is 0.316. The predicted molar refractivity (Wildman–Crippen MR) is 113 cm³/mol. The van der Waals surface area contributed by atoms with Crippen LogP contribution in [-0.4, -0.2) is 20.4 Å². The van der Waals surface area contributed by atoms with E-state index in [1.54, 1.807) is 22.9 Å². The highest BCUT2D eigenvalue weighted by Crippen LogP contribution is 2.38. The van der Waals surface area contributed by atoms with Gasteiger partial charge in [-0.25, -0.2) is 9.97 Å². The van der Waals surface area contributed by atoms with Crippen LogP contribution in [0.3, 0.4) is 0 Å². The normalized spacial score (nSPS) is 11.0. The topological polar surface area (TPSA) is 51.0 Å². The van der Waals surface area contributed by atoms with Gasteiger partial charge in [0.1, 0.15) is 0 Å². The van der Waals surface area contributed by atoms with Crippen LogP contribution in [0.4, 0.5) is 10.8 Å². The Labute approximate surface area is 172 Å². The lowest BCUT2D eigenvalue weighted by atomic mass is 10.1. The van der Waals surface area contributed by atoms with Crippen molar-refractivity contribution >= 4 is 51.4 Å². The SMILES string of the molecule is CCn1ccnc1SCc1csc(N(C(C)=O)c2c(C)cc(C)cc2Cl)n1. The molecular formula is C19H21ClN4OS2. The number of carbonyl (C=O) groups is 1. The third-order valence-corrected chi connectivity index (χ3v) is 6.24. The van der Waals surface area contributed by atoms with Crippen molar-refractivity contribution in [1.82, 2.24) is 14.5 Å². The molecule has 27 heavy (non-hydrogen) atoms. The van der Waals surface area contributed by atoms with E-state index in [4.69, 9.17) is 11.6 Å². The number of imidazole rings is 1. The van der Waals surface area contributed by atoms with Crippen molar-refractivity contribution in [2.45, 2.75) is 45.1 Å². The number of thioether (sulfide) groups is 1. The molecule has 142 valence electrons. The van der Waals surface area contributed by atoms with E-state index >= 15 is 0 Å². The van der Waals surface area contributed by atoms with Gasteiger partial charge >= 0.3 is 0 Å². The van der Waals surface area contributed by atoms with Crippen LogP contribution in [-0.2, 0) is 17.1 Å². The summed E-state index contributed by atoms with van der Waals surface area (Å²) in [4.78, 5) is 23.0. The minimum Gasteiger partial charge on any atom is -0.326 e. The van der Waals surface area contributed by atoms with E-state index in [2.05, 4.69) is 21.5 Å². The number of amides is 1. The van der Waals surface area contributed by atoms with Gasteiger partial charge in [0.05, 0.1) is 16.4 Å². The lowest BCUT2D eigenvalue weighted by molar-refractivity contribution is -0.115. The Balaban J connectivity index is 1.85. The summed E-state index contributed by atoms with van der Waals surface area (Å²) < 4.78 is 2.09. The van der Waals surface area contributed by atoms with E-state index in [-0.39, 0.29) is 5.91 Å². The second-order valence-corrected chi connectivity index (χ2v) is 8.36. The van der Waals surface area contributed by atoms with E-state index in [9.17, 15) is 4.79 Å². The first-order valence-electron chi connectivity index (χ1n) is 8.56. The highest BCUT2D eigenvalue weighted by Gasteiger charge is 2.22. The van der Waals surface area contributed by atoms with Crippen LogP contribution in [0.5, 0.6) is 0 Å². The predicted octanol–water partition coefficient (Wildman–Crippen LogP) is 5.61. The van der Waals surface area contributed by atoms with Crippen molar-refractivity contribution < 1.29 is 4.79 Å². The number of benzene rings is 1. The van der Waals surface area contributed by atoms with Crippen molar-refractivity contribution in [2.75, 3.05) is 4.90 Å². The molecule has 1 amide bonds. The van der Waals surface area contributed by atoms with E-state index in [0.29, 0.717) is 21.6 Å². The summed E-state index contributed by atoms with van der Waals surface area (Å²) in [5.74, 6) is 0.582. The lowest BCUT2D eigenvalue weighted by Crippen LogP contribution is -2.24. The third-order valence-electron chi connectivity index (χ3n) is 4.03. The van der Waals surface area contributed by atoms with Gasteiger partial charge in [0.2, 0.25) is 5.91 Å². The molecule has 0 unspecified atom stereocenters. The van der Waals surface area contributed by atoms with Gasteiger partial charge in [0, 0.05) is 37.0 Å². The van der Waals surface area contributed by atoms with Crippen molar-refractivity contribution in [3.8, 4) is 0 Å². The highest BCUT2D eigenvalue weighted by molar-refractivity contribution is 7.98. The number of aryl methyl sites for hydroxylation is 3. The molecule has 0 radical (unpaired) electrons. The summed E-state index contributed by atoms with van der Waals surface area (Å²) in [7, 11) is 0. The van der Waals surface area contributed by atoms with Crippen LogP contribution in [0.1, 0.15) is 30.7 Å². The van der Waals surface area contributed by atoms with Crippen LogP contribution in [0.15, 0.2) is 35.1 Å². The first-order chi connectivity index (χ1) is 12.9. The quantitative estimate of drug-likeness (QED) is 0.486. The maximum atomic E-state index is 12.4. The van der Waals surface area contributed by atoms with Gasteiger partial charge in [0.15, 0.2) is 10.3 Å². The van der Waals surface area contributed by atoms with Gasteiger partial charge in [0.25, 0.3) is 0 Å². The van der Waals surface area contributed by atoms with Crippen molar-refractivity contribution in [1.29, 1.82) is 0 Å². The molecule has 1 aromatic carbocycles. The number of nitrogens with zero attached hydrogens (tertiary/aromatic N) is 4. The fourth-order valence-corrected chi connectivity index (χ4v) is 5.16. The minimum atomic E-state index is -0.112. The van der Waals surface area contributed by atoms with Gasteiger partial charge in [-0.1, -0.05) is 29.4 Å². The molecule has 0 atom stereocenters. The number of aromatic nitrogens is 3. The third kappa shape index (κ3) is 4.36. The molecule has 3 aromatic rings. The molecule has 0 fully saturated rings. The zero-order chi connectivity index (χ0) is 19.6. The first kappa shape index (κ1) is 19.9. The van der Waals surface area contributed by atoms with Crippen LogP contribution in [0.2, 0.25) is 5.02 Å². The van der Waals surface area contributed by atoms with E-state index in [1.807, 2.05) is 37.6 Å². The van der Waals surface area contributed by atoms with Gasteiger partial charge < -0.3 is 4.57 Å². The molecule has 0 aliphatic rings. The second-order valence-electron chi connectivity index (χ2n) is 6.17. The average Bonchev–Trinajstić information content (AvgIpc) is 3.24. The molecule has 0 N–H and O–H groups in total. The Kier molecular flexibility index (Phi) is 6.24.